The highest BCUT2D eigenvalue weighted by molar-refractivity contribution is 7.22. The van der Waals surface area contributed by atoms with E-state index in [-0.39, 0.29) is 0 Å². The van der Waals surface area contributed by atoms with Crippen LogP contribution in [0.4, 0.5) is 0 Å². The Bertz CT molecular complexity index is 4370. The summed E-state index contributed by atoms with van der Waals surface area (Å²) in [5.41, 5.74) is 12.2. The molecule has 356 valence electrons. The summed E-state index contributed by atoms with van der Waals surface area (Å²) < 4.78 is 5.09. The minimum atomic E-state index is -2.82. The van der Waals surface area contributed by atoms with Crippen molar-refractivity contribution in [2.45, 2.75) is 0 Å². The van der Waals surface area contributed by atoms with Gasteiger partial charge in [-0.1, -0.05) is 267 Å². The van der Waals surface area contributed by atoms with Gasteiger partial charge in [0.25, 0.3) is 0 Å². The van der Waals surface area contributed by atoms with E-state index < -0.39 is 16.1 Å². The standard InChI is InChI=1S/C72H50N2Si2/c1-6-26-53(27-7-1)75(54-28-8-2-9-29-54,55-30-10-3-11-31-55)58-36-22-25-52(50-58)73-66-43-20-17-39-64(66)71-67(73)44-24-45-68(71)74-65-42-19-16-37-60(65)63-41-23-40-59(72(63)74)51-47-48-62-61-38-18-21-46-69(61)76(70(62)49-51,56-32-12-4-13-33-56)57-34-14-5-15-35-57/h1-50H. The Labute approximate surface area is 444 Å². The van der Waals surface area contributed by atoms with E-state index in [9.17, 15) is 0 Å². The fraction of sp³-hybridized carbons (Fsp3) is 0. The second kappa shape index (κ2) is 17.7. The summed E-state index contributed by atoms with van der Waals surface area (Å²) in [5.74, 6) is 0. The van der Waals surface area contributed by atoms with Gasteiger partial charge in [0, 0.05) is 32.8 Å². The highest BCUT2D eigenvalue weighted by Gasteiger charge is 2.49. The molecule has 0 unspecified atom stereocenters. The number of hydrogen-bond acceptors (Lipinski definition) is 0. The van der Waals surface area contributed by atoms with Gasteiger partial charge >= 0.3 is 0 Å². The molecule has 12 aromatic carbocycles. The van der Waals surface area contributed by atoms with Crippen LogP contribution in [0.2, 0.25) is 0 Å². The molecule has 0 saturated carbocycles. The normalized spacial score (nSPS) is 12.8. The lowest BCUT2D eigenvalue weighted by atomic mass is 9.98. The van der Waals surface area contributed by atoms with E-state index in [4.69, 9.17) is 0 Å². The zero-order chi connectivity index (χ0) is 50.2. The van der Waals surface area contributed by atoms with Gasteiger partial charge in [0.05, 0.1) is 27.8 Å². The smallest absolute Gasteiger partial charge is 0.180 e. The molecule has 2 aromatic heterocycles. The summed E-state index contributed by atoms with van der Waals surface area (Å²) in [6.07, 6.45) is 0. The van der Waals surface area contributed by atoms with Gasteiger partial charge in [-0.05, 0) is 94.6 Å². The van der Waals surface area contributed by atoms with Crippen LogP contribution in [-0.4, -0.2) is 25.3 Å². The van der Waals surface area contributed by atoms with Gasteiger partial charge in [-0.3, -0.25) is 0 Å². The average Bonchev–Trinajstić information content (AvgIpc) is 4.22. The van der Waals surface area contributed by atoms with E-state index in [1.807, 2.05) is 0 Å². The van der Waals surface area contributed by atoms with Crippen molar-refractivity contribution in [1.29, 1.82) is 0 Å². The lowest BCUT2D eigenvalue weighted by Crippen LogP contribution is -2.74. The number of para-hydroxylation sites is 3. The lowest BCUT2D eigenvalue weighted by Gasteiger charge is -2.34. The molecule has 0 atom stereocenters. The number of nitrogens with zero attached hydrogens (tertiary/aromatic N) is 2. The molecule has 0 aliphatic carbocycles. The van der Waals surface area contributed by atoms with Crippen molar-refractivity contribution in [2.75, 3.05) is 0 Å². The van der Waals surface area contributed by atoms with Crippen LogP contribution in [0.3, 0.4) is 0 Å². The molecular weight excluding hydrogens is 949 g/mol. The minimum Gasteiger partial charge on any atom is -0.309 e. The molecule has 3 heterocycles. The number of rotatable bonds is 9. The Balaban J connectivity index is 0.982. The van der Waals surface area contributed by atoms with Crippen LogP contribution >= 0.6 is 0 Å². The van der Waals surface area contributed by atoms with E-state index in [2.05, 4.69) is 312 Å². The van der Waals surface area contributed by atoms with Crippen molar-refractivity contribution in [2.24, 2.45) is 0 Å². The third-order valence-electron chi connectivity index (χ3n) is 16.5. The lowest BCUT2D eigenvalue weighted by molar-refractivity contribution is 1.17. The SMILES string of the molecule is c1ccc([Si](c2ccccc2)(c2ccccc2)c2cccc(-n3c4ccccc4c4c(-n5c6ccccc6c6cccc(-c7ccc8c(c7)[Si](c7ccccc7)(c7ccccc7)c7ccccc7-8)c65)cccc43)c2)cc1. The molecular formula is C72H50N2Si2. The highest BCUT2D eigenvalue weighted by atomic mass is 28.3. The van der Waals surface area contributed by atoms with E-state index in [1.165, 1.54) is 107 Å². The molecule has 0 amide bonds. The van der Waals surface area contributed by atoms with Crippen molar-refractivity contribution >= 4 is 101 Å². The van der Waals surface area contributed by atoms with Crippen molar-refractivity contribution in [3.8, 4) is 33.6 Å². The average molecular weight is 999 g/mol. The second-order valence-corrected chi connectivity index (χ2v) is 27.8. The Morgan fingerprint density at radius 2 is 0.763 bits per heavy atom. The molecule has 2 nitrogen and oxygen atoms in total. The molecule has 0 saturated heterocycles. The van der Waals surface area contributed by atoms with Gasteiger partial charge in [0.1, 0.15) is 0 Å². The molecule has 1 aliphatic rings. The third kappa shape index (κ3) is 6.38. The van der Waals surface area contributed by atoms with Crippen molar-refractivity contribution in [3.05, 3.63) is 303 Å². The maximum atomic E-state index is 2.58. The first-order chi connectivity index (χ1) is 37.7. The fourth-order valence-electron chi connectivity index (χ4n) is 13.5. The second-order valence-electron chi connectivity index (χ2n) is 20.3. The van der Waals surface area contributed by atoms with Crippen LogP contribution < -0.4 is 41.5 Å². The van der Waals surface area contributed by atoms with E-state index in [0.29, 0.717) is 0 Å². The van der Waals surface area contributed by atoms with Crippen LogP contribution in [0.5, 0.6) is 0 Å². The molecule has 0 N–H and O–H groups in total. The third-order valence-corrected chi connectivity index (χ3v) is 26.2. The van der Waals surface area contributed by atoms with E-state index >= 15 is 0 Å². The van der Waals surface area contributed by atoms with Gasteiger partial charge in [0.15, 0.2) is 16.1 Å². The van der Waals surface area contributed by atoms with Crippen molar-refractivity contribution < 1.29 is 0 Å². The molecule has 0 spiro atoms. The number of fused-ring (bicyclic) bond motifs is 9. The molecule has 0 fully saturated rings. The van der Waals surface area contributed by atoms with Crippen molar-refractivity contribution in [1.82, 2.24) is 9.13 Å². The molecule has 0 radical (unpaired) electrons. The number of aromatic nitrogens is 2. The Morgan fingerprint density at radius 3 is 1.42 bits per heavy atom. The first-order valence-corrected chi connectivity index (χ1v) is 30.4. The summed E-state index contributed by atoms with van der Waals surface area (Å²) in [4.78, 5) is 0. The maximum absolute atomic E-state index is 2.82. The topological polar surface area (TPSA) is 9.86 Å². The number of benzene rings is 12. The van der Waals surface area contributed by atoms with Gasteiger partial charge in [-0.2, -0.15) is 0 Å². The van der Waals surface area contributed by atoms with Crippen LogP contribution in [0, 0.1) is 0 Å². The van der Waals surface area contributed by atoms with Crippen molar-refractivity contribution in [3.63, 3.8) is 0 Å². The molecule has 76 heavy (non-hydrogen) atoms. The van der Waals surface area contributed by atoms with Crippen LogP contribution in [0.15, 0.2) is 303 Å². The molecule has 15 rings (SSSR count). The van der Waals surface area contributed by atoms with Gasteiger partial charge in [0.2, 0.25) is 0 Å². The number of hydrogen-bond donors (Lipinski definition) is 0. The highest BCUT2D eigenvalue weighted by Crippen LogP contribution is 2.43. The fourth-order valence-corrected chi connectivity index (χ4v) is 23.5. The summed E-state index contributed by atoms with van der Waals surface area (Å²) in [6, 6.07) is 114. The Morgan fingerprint density at radius 1 is 0.289 bits per heavy atom. The van der Waals surface area contributed by atoms with Gasteiger partial charge in [-0.15, -0.1) is 0 Å². The predicted molar refractivity (Wildman–Crippen MR) is 327 cm³/mol. The summed E-state index contributed by atoms with van der Waals surface area (Å²) >= 11 is 0. The van der Waals surface area contributed by atoms with Gasteiger partial charge < -0.3 is 9.13 Å². The van der Waals surface area contributed by atoms with Crippen LogP contribution in [-0.2, 0) is 0 Å². The summed E-state index contributed by atoms with van der Waals surface area (Å²) in [7, 11) is -5.57. The van der Waals surface area contributed by atoms with E-state index in [1.54, 1.807) is 0 Å². The maximum Gasteiger partial charge on any atom is 0.180 e. The zero-order valence-corrected chi connectivity index (χ0v) is 43.8. The van der Waals surface area contributed by atoms with Crippen LogP contribution in [0.1, 0.15) is 0 Å². The van der Waals surface area contributed by atoms with Crippen LogP contribution in [0.25, 0.3) is 77.2 Å². The Kier molecular flexibility index (Phi) is 10.3. The first-order valence-electron chi connectivity index (χ1n) is 26.4. The largest absolute Gasteiger partial charge is 0.309 e. The Hall–Kier alpha value is -9.33. The predicted octanol–water partition coefficient (Wildman–Crippen LogP) is 12.3. The molecule has 1 aliphatic heterocycles. The van der Waals surface area contributed by atoms with Gasteiger partial charge in [-0.25, -0.2) is 0 Å². The molecule has 0 bridgehead atoms. The van der Waals surface area contributed by atoms with E-state index in [0.717, 1.165) is 11.4 Å². The summed E-state index contributed by atoms with van der Waals surface area (Å²) in [5, 5.41) is 16.0. The minimum absolute atomic E-state index is 1.15. The molecule has 4 heteroatoms. The molecule has 14 aromatic rings. The zero-order valence-electron chi connectivity index (χ0n) is 41.8. The summed E-state index contributed by atoms with van der Waals surface area (Å²) in [6.45, 7) is 0. The monoisotopic (exact) mass is 998 g/mol. The first kappa shape index (κ1) is 44.2. The quantitative estimate of drug-likeness (QED) is 0.101.